The van der Waals surface area contributed by atoms with Gasteiger partial charge in [-0.05, 0) is 31.0 Å². The third-order valence-corrected chi connectivity index (χ3v) is 4.08. The van der Waals surface area contributed by atoms with Crippen LogP contribution in [-0.4, -0.2) is 31.5 Å². The molecule has 3 rings (SSSR count). The van der Waals surface area contributed by atoms with Crippen molar-refractivity contribution in [3.05, 3.63) is 29.0 Å². The van der Waals surface area contributed by atoms with Gasteiger partial charge in [-0.3, -0.25) is 0 Å². The summed E-state index contributed by atoms with van der Waals surface area (Å²) in [7, 11) is 0. The topological polar surface area (TPSA) is 30.5 Å². The minimum atomic E-state index is -0.271. The SMILES string of the molecule is Fc1ccc(Cl)cc1NC1CCOC2(CCOC2)C1. The number of anilines is 1. The van der Waals surface area contributed by atoms with Gasteiger partial charge >= 0.3 is 0 Å². The Morgan fingerprint density at radius 2 is 2.26 bits per heavy atom. The highest BCUT2D eigenvalue weighted by atomic mass is 35.5. The van der Waals surface area contributed by atoms with Gasteiger partial charge in [0.2, 0.25) is 0 Å². The molecule has 104 valence electrons. The zero-order valence-electron chi connectivity index (χ0n) is 10.6. The van der Waals surface area contributed by atoms with Crippen LogP contribution in [0.5, 0.6) is 0 Å². The fourth-order valence-electron chi connectivity index (χ4n) is 2.84. The van der Waals surface area contributed by atoms with E-state index >= 15 is 0 Å². The third kappa shape index (κ3) is 2.86. The van der Waals surface area contributed by atoms with Gasteiger partial charge in [0, 0.05) is 30.7 Å². The molecule has 2 saturated heterocycles. The maximum absolute atomic E-state index is 13.7. The van der Waals surface area contributed by atoms with Gasteiger partial charge in [-0.15, -0.1) is 0 Å². The van der Waals surface area contributed by atoms with Crippen LogP contribution in [0.25, 0.3) is 0 Å². The zero-order chi connectivity index (χ0) is 13.3. The van der Waals surface area contributed by atoms with E-state index in [2.05, 4.69) is 5.32 Å². The molecule has 0 amide bonds. The van der Waals surface area contributed by atoms with Gasteiger partial charge in [0.05, 0.1) is 17.9 Å². The van der Waals surface area contributed by atoms with Crippen molar-refractivity contribution in [1.82, 2.24) is 0 Å². The predicted octanol–water partition coefficient (Wildman–Crippen LogP) is 3.23. The minimum absolute atomic E-state index is 0.176. The average Bonchev–Trinajstić information content (AvgIpc) is 2.82. The fourth-order valence-corrected chi connectivity index (χ4v) is 3.01. The van der Waals surface area contributed by atoms with Gasteiger partial charge in [-0.2, -0.15) is 0 Å². The predicted molar refractivity (Wildman–Crippen MR) is 72.2 cm³/mol. The Labute approximate surface area is 117 Å². The highest BCUT2D eigenvalue weighted by molar-refractivity contribution is 6.30. The van der Waals surface area contributed by atoms with E-state index in [0.717, 1.165) is 25.9 Å². The summed E-state index contributed by atoms with van der Waals surface area (Å²) in [5, 5.41) is 3.78. The van der Waals surface area contributed by atoms with Crippen LogP contribution in [0.2, 0.25) is 5.02 Å². The van der Waals surface area contributed by atoms with E-state index in [9.17, 15) is 4.39 Å². The van der Waals surface area contributed by atoms with Crippen LogP contribution in [-0.2, 0) is 9.47 Å². The summed E-state index contributed by atoms with van der Waals surface area (Å²) in [4.78, 5) is 0. The molecule has 1 aromatic carbocycles. The van der Waals surface area contributed by atoms with Crippen molar-refractivity contribution >= 4 is 17.3 Å². The molecule has 3 nitrogen and oxygen atoms in total. The maximum atomic E-state index is 13.7. The second-order valence-electron chi connectivity index (χ2n) is 5.29. The Hall–Kier alpha value is -0.840. The first-order valence-corrected chi connectivity index (χ1v) is 6.98. The largest absolute Gasteiger partial charge is 0.380 e. The number of ether oxygens (including phenoxy) is 2. The Bertz CT molecular complexity index is 463. The van der Waals surface area contributed by atoms with Gasteiger partial charge < -0.3 is 14.8 Å². The lowest BCUT2D eigenvalue weighted by Gasteiger charge is -2.37. The molecule has 2 aliphatic heterocycles. The Morgan fingerprint density at radius 3 is 3.05 bits per heavy atom. The van der Waals surface area contributed by atoms with Crippen molar-refractivity contribution in [3.8, 4) is 0 Å². The van der Waals surface area contributed by atoms with Crippen LogP contribution < -0.4 is 5.32 Å². The summed E-state index contributed by atoms with van der Waals surface area (Å²) >= 11 is 5.90. The Kier molecular flexibility index (Phi) is 3.65. The molecule has 0 saturated carbocycles. The van der Waals surface area contributed by atoms with Crippen LogP contribution in [0.1, 0.15) is 19.3 Å². The van der Waals surface area contributed by atoms with Crippen LogP contribution >= 0.6 is 11.6 Å². The maximum Gasteiger partial charge on any atom is 0.146 e. The smallest absolute Gasteiger partial charge is 0.146 e. The van der Waals surface area contributed by atoms with Gasteiger partial charge in [0.1, 0.15) is 5.82 Å². The summed E-state index contributed by atoms with van der Waals surface area (Å²) in [5.74, 6) is -0.271. The summed E-state index contributed by atoms with van der Waals surface area (Å²) in [6, 6.07) is 4.77. The van der Waals surface area contributed by atoms with E-state index in [4.69, 9.17) is 21.1 Å². The summed E-state index contributed by atoms with van der Waals surface area (Å²) in [6.07, 6.45) is 2.63. The van der Waals surface area contributed by atoms with Gasteiger partial charge in [0.15, 0.2) is 0 Å². The summed E-state index contributed by atoms with van der Waals surface area (Å²) in [6.45, 7) is 2.07. The van der Waals surface area contributed by atoms with Crippen molar-refractivity contribution in [3.63, 3.8) is 0 Å². The second-order valence-corrected chi connectivity index (χ2v) is 5.73. The number of hydrogen-bond donors (Lipinski definition) is 1. The van der Waals surface area contributed by atoms with E-state index in [1.165, 1.54) is 6.07 Å². The molecule has 0 bridgehead atoms. The number of rotatable bonds is 2. The molecular weight excluding hydrogens is 269 g/mol. The highest BCUT2D eigenvalue weighted by Crippen LogP contribution is 2.34. The molecule has 2 atom stereocenters. The molecule has 1 N–H and O–H groups in total. The van der Waals surface area contributed by atoms with Crippen LogP contribution in [0, 0.1) is 5.82 Å². The molecule has 2 heterocycles. The molecule has 5 heteroatoms. The lowest BCUT2D eigenvalue weighted by Crippen LogP contribution is -2.45. The lowest BCUT2D eigenvalue weighted by molar-refractivity contribution is -0.0828. The molecule has 2 fully saturated rings. The molecule has 2 aliphatic rings. The van der Waals surface area contributed by atoms with Crippen molar-refractivity contribution in [2.75, 3.05) is 25.1 Å². The Balaban J connectivity index is 1.70. The molecule has 0 radical (unpaired) electrons. The van der Waals surface area contributed by atoms with E-state index in [1.807, 2.05) is 0 Å². The molecule has 1 aromatic rings. The number of nitrogens with one attached hydrogen (secondary N) is 1. The molecule has 1 spiro atoms. The quantitative estimate of drug-likeness (QED) is 0.905. The fraction of sp³-hybridized carbons (Fsp3) is 0.571. The van der Waals surface area contributed by atoms with Crippen LogP contribution in [0.3, 0.4) is 0 Å². The summed E-state index contributed by atoms with van der Waals surface area (Å²) < 4.78 is 25.0. The van der Waals surface area contributed by atoms with Crippen molar-refractivity contribution < 1.29 is 13.9 Å². The third-order valence-electron chi connectivity index (χ3n) is 3.85. The molecule has 0 aliphatic carbocycles. The lowest BCUT2D eigenvalue weighted by atomic mass is 9.89. The number of halogens is 2. The average molecular weight is 286 g/mol. The standard InChI is InChI=1S/C14H17ClFNO2/c15-10-1-2-12(16)13(7-10)17-11-3-5-19-14(8-11)4-6-18-9-14/h1-2,7,11,17H,3-6,8-9H2. The number of hydrogen-bond acceptors (Lipinski definition) is 3. The first-order chi connectivity index (χ1) is 9.17. The van der Waals surface area contributed by atoms with Crippen molar-refractivity contribution in [2.24, 2.45) is 0 Å². The van der Waals surface area contributed by atoms with Gasteiger partial charge in [-0.1, -0.05) is 11.6 Å². The van der Waals surface area contributed by atoms with Crippen LogP contribution in [0.4, 0.5) is 10.1 Å². The van der Waals surface area contributed by atoms with E-state index in [0.29, 0.717) is 23.9 Å². The number of benzene rings is 1. The van der Waals surface area contributed by atoms with Crippen molar-refractivity contribution in [1.29, 1.82) is 0 Å². The summed E-state index contributed by atoms with van der Waals surface area (Å²) in [5.41, 5.74) is 0.291. The second kappa shape index (κ2) is 5.27. The van der Waals surface area contributed by atoms with Gasteiger partial charge in [0.25, 0.3) is 0 Å². The first-order valence-electron chi connectivity index (χ1n) is 6.60. The van der Waals surface area contributed by atoms with Crippen LogP contribution in [0.15, 0.2) is 18.2 Å². The van der Waals surface area contributed by atoms with Crippen molar-refractivity contribution in [2.45, 2.75) is 30.9 Å². The monoisotopic (exact) mass is 285 g/mol. The molecule has 19 heavy (non-hydrogen) atoms. The van der Waals surface area contributed by atoms with Gasteiger partial charge in [-0.25, -0.2) is 4.39 Å². The highest BCUT2D eigenvalue weighted by Gasteiger charge is 2.41. The Morgan fingerprint density at radius 1 is 1.37 bits per heavy atom. The zero-order valence-corrected chi connectivity index (χ0v) is 11.4. The molecular formula is C14H17ClFNO2. The van der Waals surface area contributed by atoms with E-state index < -0.39 is 0 Å². The normalized spacial score (nSPS) is 30.7. The molecule has 2 unspecified atom stereocenters. The molecule has 0 aromatic heterocycles. The van der Waals surface area contributed by atoms with E-state index in [1.54, 1.807) is 12.1 Å². The first kappa shape index (κ1) is 13.2. The van der Waals surface area contributed by atoms with E-state index in [-0.39, 0.29) is 17.5 Å². The minimum Gasteiger partial charge on any atom is -0.380 e.